The van der Waals surface area contributed by atoms with Crippen molar-refractivity contribution in [2.75, 3.05) is 52.9 Å². The fraction of sp³-hybridized carbons (Fsp3) is 0.647. The first kappa shape index (κ1) is 16.3. The SMILES string of the molecule is CCOc1cccc(CC(CN)CN2CCN(C)CC2)c1. The van der Waals surface area contributed by atoms with Gasteiger partial charge in [0.15, 0.2) is 0 Å². The van der Waals surface area contributed by atoms with E-state index in [1.54, 1.807) is 0 Å². The van der Waals surface area contributed by atoms with Crippen LogP contribution in [0.3, 0.4) is 0 Å². The first-order chi connectivity index (χ1) is 10.2. The van der Waals surface area contributed by atoms with Gasteiger partial charge in [0, 0.05) is 32.7 Å². The normalized spacial score (nSPS) is 18.6. The molecule has 118 valence electrons. The van der Waals surface area contributed by atoms with Crippen molar-refractivity contribution in [1.82, 2.24) is 9.80 Å². The second-order valence-corrected chi connectivity index (χ2v) is 5.99. The molecule has 2 N–H and O–H groups in total. The quantitative estimate of drug-likeness (QED) is 0.825. The van der Waals surface area contributed by atoms with Gasteiger partial charge in [-0.2, -0.15) is 0 Å². The summed E-state index contributed by atoms with van der Waals surface area (Å²) in [7, 11) is 2.19. The first-order valence-electron chi connectivity index (χ1n) is 8.04. The van der Waals surface area contributed by atoms with E-state index < -0.39 is 0 Å². The molecule has 1 aromatic rings. The van der Waals surface area contributed by atoms with E-state index in [2.05, 4.69) is 35.0 Å². The fourth-order valence-corrected chi connectivity index (χ4v) is 2.88. The van der Waals surface area contributed by atoms with Crippen LogP contribution in [0.25, 0.3) is 0 Å². The molecular formula is C17H29N3O. The van der Waals surface area contributed by atoms with Crippen LogP contribution in [-0.2, 0) is 6.42 Å². The van der Waals surface area contributed by atoms with Crippen LogP contribution in [0.5, 0.6) is 5.75 Å². The molecule has 1 saturated heterocycles. The van der Waals surface area contributed by atoms with Crippen molar-refractivity contribution < 1.29 is 4.74 Å². The molecule has 2 rings (SSSR count). The number of hydrogen-bond donors (Lipinski definition) is 1. The molecule has 1 atom stereocenters. The van der Waals surface area contributed by atoms with Crippen molar-refractivity contribution in [3.05, 3.63) is 29.8 Å². The Kier molecular flexibility index (Phi) is 6.49. The van der Waals surface area contributed by atoms with Crippen molar-refractivity contribution >= 4 is 0 Å². The van der Waals surface area contributed by atoms with E-state index in [0.717, 1.165) is 51.4 Å². The predicted octanol–water partition coefficient (Wildman–Crippen LogP) is 1.45. The number of nitrogens with zero attached hydrogens (tertiary/aromatic N) is 2. The van der Waals surface area contributed by atoms with Crippen LogP contribution in [0.4, 0.5) is 0 Å². The highest BCUT2D eigenvalue weighted by Crippen LogP contribution is 2.17. The van der Waals surface area contributed by atoms with Crippen molar-refractivity contribution in [3.63, 3.8) is 0 Å². The summed E-state index contributed by atoms with van der Waals surface area (Å²) in [5, 5.41) is 0. The van der Waals surface area contributed by atoms with Gasteiger partial charge in [0.05, 0.1) is 6.61 Å². The topological polar surface area (TPSA) is 41.7 Å². The molecule has 0 saturated carbocycles. The van der Waals surface area contributed by atoms with Gasteiger partial charge in [-0.25, -0.2) is 0 Å². The average molecular weight is 291 g/mol. The summed E-state index contributed by atoms with van der Waals surface area (Å²) in [6, 6.07) is 8.42. The van der Waals surface area contributed by atoms with Crippen LogP contribution < -0.4 is 10.5 Å². The van der Waals surface area contributed by atoms with Gasteiger partial charge in [0.1, 0.15) is 5.75 Å². The minimum absolute atomic E-state index is 0.519. The lowest BCUT2D eigenvalue weighted by Crippen LogP contribution is -2.47. The standard InChI is InChI=1S/C17H29N3O/c1-3-21-17-6-4-5-15(12-17)11-16(13-18)14-20-9-7-19(2)8-10-20/h4-6,12,16H,3,7-11,13-14,18H2,1-2H3. The van der Waals surface area contributed by atoms with Crippen LogP contribution in [-0.4, -0.2) is 62.7 Å². The van der Waals surface area contributed by atoms with Crippen molar-refractivity contribution in [1.29, 1.82) is 0 Å². The third-order valence-corrected chi connectivity index (χ3v) is 4.18. The number of benzene rings is 1. The van der Waals surface area contributed by atoms with Gasteiger partial charge < -0.3 is 20.3 Å². The summed E-state index contributed by atoms with van der Waals surface area (Å²) in [4.78, 5) is 4.93. The summed E-state index contributed by atoms with van der Waals surface area (Å²) in [6.07, 6.45) is 1.03. The summed E-state index contributed by atoms with van der Waals surface area (Å²) in [5.41, 5.74) is 7.32. The zero-order chi connectivity index (χ0) is 15.1. The molecule has 1 heterocycles. The van der Waals surface area contributed by atoms with Gasteiger partial charge in [-0.1, -0.05) is 12.1 Å². The second-order valence-electron chi connectivity index (χ2n) is 5.99. The Labute approximate surface area is 128 Å². The molecule has 21 heavy (non-hydrogen) atoms. The number of nitrogens with two attached hydrogens (primary N) is 1. The van der Waals surface area contributed by atoms with Crippen molar-refractivity contribution in [2.24, 2.45) is 11.7 Å². The molecule has 1 unspecified atom stereocenters. The molecule has 0 radical (unpaired) electrons. The van der Waals surface area contributed by atoms with Gasteiger partial charge in [0.2, 0.25) is 0 Å². The molecule has 1 fully saturated rings. The molecule has 1 aliphatic heterocycles. The molecule has 0 aliphatic carbocycles. The van der Waals surface area contributed by atoms with E-state index in [9.17, 15) is 0 Å². The Morgan fingerprint density at radius 3 is 2.67 bits per heavy atom. The Balaban J connectivity index is 1.88. The molecular weight excluding hydrogens is 262 g/mol. The number of ether oxygens (including phenoxy) is 1. The Hall–Kier alpha value is -1.10. The fourth-order valence-electron chi connectivity index (χ4n) is 2.88. The van der Waals surface area contributed by atoms with Crippen LogP contribution in [0.1, 0.15) is 12.5 Å². The molecule has 1 aliphatic rings. The third-order valence-electron chi connectivity index (χ3n) is 4.18. The number of piperazine rings is 1. The number of hydrogen-bond acceptors (Lipinski definition) is 4. The zero-order valence-electron chi connectivity index (χ0n) is 13.4. The van der Waals surface area contributed by atoms with E-state index in [1.807, 2.05) is 13.0 Å². The van der Waals surface area contributed by atoms with Crippen molar-refractivity contribution in [3.8, 4) is 5.75 Å². The summed E-state index contributed by atoms with van der Waals surface area (Å²) in [5.74, 6) is 1.48. The first-order valence-corrected chi connectivity index (χ1v) is 8.04. The largest absolute Gasteiger partial charge is 0.494 e. The van der Waals surface area contributed by atoms with Crippen LogP contribution in [0.2, 0.25) is 0 Å². The summed E-state index contributed by atoms with van der Waals surface area (Å²) in [6.45, 7) is 9.22. The lowest BCUT2D eigenvalue weighted by molar-refractivity contribution is 0.137. The van der Waals surface area contributed by atoms with Crippen LogP contribution in [0.15, 0.2) is 24.3 Å². The third kappa shape index (κ3) is 5.30. The highest BCUT2D eigenvalue weighted by atomic mass is 16.5. The smallest absolute Gasteiger partial charge is 0.119 e. The maximum atomic E-state index is 5.99. The van der Waals surface area contributed by atoms with Crippen molar-refractivity contribution in [2.45, 2.75) is 13.3 Å². The van der Waals surface area contributed by atoms with E-state index >= 15 is 0 Å². The maximum Gasteiger partial charge on any atom is 0.119 e. The molecule has 1 aromatic carbocycles. The second kappa shape index (κ2) is 8.37. The average Bonchev–Trinajstić information content (AvgIpc) is 2.49. The lowest BCUT2D eigenvalue weighted by Gasteiger charge is -2.34. The monoisotopic (exact) mass is 291 g/mol. The highest BCUT2D eigenvalue weighted by molar-refractivity contribution is 5.28. The molecule has 4 nitrogen and oxygen atoms in total. The Bertz CT molecular complexity index is 416. The molecule has 0 amide bonds. The van der Waals surface area contributed by atoms with Crippen LogP contribution >= 0.6 is 0 Å². The highest BCUT2D eigenvalue weighted by Gasteiger charge is 2.18. The minimum Gasteiger partial charge on any atom is -0.494 e. The molecule has 4 heteroatoms. The van der Waals surface area contributed by atoms with Gasteiger partial charge in [-0.05, 0) is 50.6 Å². The van der Waals surface area contributed by atoms with Gasteiger partial charge >= 0.3 is 0 Å². The Morgan fingerprint density at radius 1 is 1.24 bits per heavy atom. The summed E-state index contributed by atoms with van der Waals surface area (Å²) >= 11 is 0. The van der Waals surface area contributed by atoms with E-state index in [-0.39, 0.29) is 0 Å². The summed E-state index contributed by atoms with van der Waals surface area (Å²) < 4.78 is 5.58. The number of likely N-dealkylation sites (N-methyl/N-ethyl adjacent to an activating group) is 1. The van der Waals surface area contributed by atoms with E-state index in [4.69, 9.17) is 10.5 Å². The van der Waals surface area contributed by atoms with E-state index in [1.165, 1.54) is 5.56 Å². The maximum absolute atomic E-state index is 5.99. The minimum atomic E-state index is 0.519. The molecule has 0 aromatic heterocycles. The molecule has 0 spiro atoms. The van der Waals surface area contributed by atoms with Gasteiger partial charge in [-0.15, -0.1) is 0 Å². The van der Waals surface area contributed by atoms with Crippen LogP contribution in [0, 0.1) is 5.92 Å². The molecule has 0 bridgehead atoms. The zero-order valence-corrected chi connectivity index (χ0v) is 13.4. The lowest BCUT2D eigenvalue weighted by atomic mass is 9.98. The van der Waals surface area contributed by atoms with E-state index in [0.29, 0.717) is 12.5 Å². The predicted molar refractivity (Wildman–Crippen MR) is 87.8 cm³/mol. The number of rotatable bonds is 7. The van der Waals surface area contributed by atoms with Gasteiger partial charge in [-0.3, -0.25) is 0 Å². The van der Waals surface area contributed by atoms with Gasteiger partial charge in [0.25, 0.3) is 0 Å². The Morgan fingerprint density at radius 2 is 2.00 bits per heavy atom.